The first-order valence-corrected chi connectivity index (χ1v) is 5.52. The molecule has 0 aliphatic carbocycles. The van der Waals surface area contributed by atoms with Crippen LogP contribution < -0.4 is 5.32 Å². The molecule has 2 rings (SSSR count). The number of likely N-dealkylation sites (N-methyl/N-ethyl adjacent to an activating group) is 1. The van der Waals surface area contributed by atoms with Crippen molar-refractivity contribution in [1.29, 1.82) is 0 Å². The van der Waals surface area contributed by atoms with Crippen LogP contribution in [0.1, 0.15) is 37.0 Å². The molecular weight excluding hydrogens is 190 g/mol. The Labute approximate surface area is 90.7 Å². The molecule has 1 N–H and O–H groups in total. The van der Waals surface area contributed by atoms with Gasteiger partial charge in [-0.25, -0.2) is 4.98 Å². The molecule has 0 radical (unpaired) electrons. The van der Waals surface area contributed by atoms with Crippen molar-refractivity contribution >= 4 is 0 Å². The fourth-order valence-corrected chi connectivity index (χ4v) is 1.97. The van der Waals surface area contributed by atoms with Gasteiger partial charge in [0.25, 0.3) is 0 Å². The number of hydrogen-bond acceptors (Lipinski definition) is 4. The van der Waals surface area contributed by atoms with Crippen LogP contribution in [0.15, 0.2) is 10.6 Å². The van der Waals surface area contributed by atoms with Gasteiger partial charge in [-0.1, -0.05) is 0 Å². The number of likely N-dealkylation sites (tertiary alicyclic amines) is 1. The van der Waals surface area contributed by atoms with E-state index in [0.717, 1.165) is 31.2 Å². The molecular formula is C11H19N3O. The zero-order valence-electron chi connectivity index (χ0n) is 9.66. The molecule has 2 unspecified atom stereocenters. The Morgan fingerprint density at radius 2 is 2.47 bits per heavy atom. The van der Waals surface area contributed by atoms with E-state index in [-0.39, 0.29) is 6.04 Å². The van der Waals surface area contributed by atoms with Gasteiger partial charge in [-0.15, -0.1) is 0 Å². The summed E-state index contributed by atoms with van der Waals surface area (Å²) < 4.78 is 5.77. The van der Waals surface area contributed by atoms with Crippen molar-refractivity contribution in [3.05, 3.63) is 17.8 Å². The van der Waals surface area contributed by atoms with E-state index in [1.165, 1.54) is 0 Å². The second-order valence-corrected chi connectivity index (χ2v) is 4.36. The molecule has 4 heteroatoms. The molecule has 0 bridgehead atoms. The van der Waals surface area contributed by atoms with Crippen LogP contribution in [0, 0.1) is 0 Å². The zero-order valence-corrected chi connectivity index (χ0v) is 9.66. The minimum absolute atomic E-state index is 0.241. The lowest BCUT2D eigenvalue weighted by atomic mass is 10.1. The van der Waals surface area contributed by atoms with Crippen LogP contribution in [0.3, 0.4) is 0 Å². The lowest BCUT2D eigenvalue weighted by Gasteiger charge is -2.07. The first-order valence-electron chi connectivity index (χ1n) is 5.52. The predicted octanol–water partition coefficient (Wildman–Crippen LogP) is 1.37. The Balaban J connectivity index is 2.07. The van der Waals surface area contributed by atoms with Crippen LogP contribution in [0.4, 0.5) is 0 Å². The fraction of sp³-hybridized carbons (Fsp3) is 0.727. The molecule has 1 fully saturated rings. The quantitative estimate of drug-likeness (QED) is 0.816. The van der Waals surface area contributed by atoms with Crippen LogP contribution in [-0.2, 0) is 0 Å². The van der Waals surface area contributed by atoms with Gasteiger partial charge in [0, 0.05) is 12.5 Å². The van der Waals surface area contributed by atoms with Crippen molar-refractivity contribution in [3.63, 3.8) is 0 Å². The monoisotopic (exact) mass is 209 g/mol. The Hall–Kier alpha value is -0.870. The number of nitrogens with zero attached hydrogens (tertiary/aromatic N) is 2. The highest BCUT2D eigenvalue weighted by Gasteiger charge is 2.25. The maximum Gasteiger partial charge on any atom is 0.198 e. The fourth-order valence-electron chi connectivity index (χ4n) is 1.97. The molecule has 0 spiro atoms. The first kappa shape index (κ1) is 10.6. The molecule has 2 atom stereocenters. The summed E-state index contributed by atoms with van der Waals surface area (Å²) in [6.45, 7) is 4.28. The van der Waals surface area contributed by atoms with Crippen molar-refractivity contribution < 1.29 is 4.42 Å². The highest BCUT2D eigenvalue weighted by Crippen LogP contribution is 2.27. The van der Waals surface area contributed by atoms with Gasteiger partial charge < -0.3 is 14.6 Å². The number of hydrogen-bond donors (Lipinski definition) is 1. The van der Waals surface area contributed by atoms with Crippen molar-refractivity contribution in [3.8, 4) is 0 Å². The van der Waals surface area contributed by atoms with E-state index in [0.29, 0.717) is 5.92 Å². The van der Waals surface area contributed by atoms with Crippen LogP contribution in [0.25, 0.3) is 0 Å². The Morgan fingerprint density at radius 3 is 3.07 bits per heavy atom. The van der Waals surface area contributed by atoms with Gasteiger partial charge >= 0.3 is 0 Å². The van der Waals surface area contributed by atoms with E-state index in [4.69, 9.17) is 4.42 Å². The molecule has 15 heavy (non-hydrogen) atoms. The molecule has 1 aliphatic heterocycles. The van der Waals surface area contributed by atoms with Gasteiger partial charge in [-0.3, -0.25) is 0 Å². The molecule has 1 saturated heterocycles. The highest BCUT2D eigenvalue weighted by molar-refractivity contribution is 5.04. The average Bonchev–Trinajstić information content (AvgIpc) is 2.84. The number of oxazole rings is 1. The summed E-state index contributed by atoms with van der Waals surface area (Å²) in [5.41, 5.74) is 0. The Morgan fingerprint density at radius 1 is 1.67 bits per heavy atom. The number of aromatic nitrogens is 1. The molecule has 1 aromatic rings. The largest absolute Gasteiger partial charge is 0.444 e. The summed E-state index contributed by atoms with van der Waals surface area (Å²) in [4.78, 5) is 6.68. The van der Waals surface area contributed by atoms with E-state index in [1.807, 2.05) is 13.2 Å². The molecule has 4 nitrogen and oxygen atoms in total. The molecule has 1 aromatic heterocycles. The average molecular weight is 209 g/mol. The van der Waals surface area contributed by atoms with E-state index in [1.54, 1.807) is 0 Å². The third-order valence-corrected chi connectivity index (χ3v) is 3.14. The molecule has 84 valence electrons. The smallest absolute Gasteiger partial charge is 0.198 e. The van der Waals surface area contributed by atoms with Crippen LogP contribution in [0.2, 0.25) is 0 Å². The second-order valence-electron chi connectivity index (χ2n) is 4.36. The minimum atomic E-state index is 0.241. The summed E-state index contributed by atoms with van der Waals surface area (Å²) >= 11 is 0. The summed E-state index contributed by atoms with van der Waals surface area (Å²) in [7, 11) is 4.07. The number of rotatable bonds is 3. The lowest BCUT2D eigenvalue weighted by Crippen LogP contribution is -2.13. The van der Waals surface area contributed by atoms with E-state index in [9.17, 15) is 0 Å². The zero-order chi connectivity index (χ0) is 10.8. The maximum absolute atomic E-state index is 5.77. The third-order valence-electron chi connectivity index (χ3n) is 3.14. The predicted molar refractivity (Wildman–Crippen MR) is 58.8 cm³/mol. The maximum atomic E-state index is 5.77. The summed E-state index contributed by atoms with van der Waals surface area (Å²) in [5, 5.41) is 3.15. The highest BCUT2D eigenvalue weighted by atomic mass is 16.4. The van der Waals surface area contributed by atoms with Crippen molar-refractivity contribution in [2.45, 2.75) is 25.3 Å². The van der Waals surface area contributed by atoms with Gasteiger partial charge in [-0.2, -0.15) is 0 Å². The van der Waals surface area contributed by atoms with Crippen LogP contribution in [0.5, 0.6) is 0 Å². The third kappa shape index (κ3) is 2.21. The minimum Gasteiger partial charge on any atom is -0.444 e. The van der Waals surface area contributed by atoms with E-state index >= 15 is 0 Å². The molecule has 0 saturated carbocycles. The van der Waals surface area contributed by atoms with Crippen molar-refractivity contribution in [2.24, 2.45) is 0 Å². The summed E-state index contributed by atoms with van der Waals surface area (Å²) in [6.07, 6.45) is 3.00. The van der Waals surface area contributed by atoms with Gasteiger partial charge in [0.1, 0.15) is 5.76 Å². The van der Waals surface area contributed by atoms with E-state index < -0.39 is 0 Å². The lowest BCUT2D eigenvalue weighted by molar-refractivity contribution is 0.371. The van der Waals surface area contributed by atoms with Gasteiger partial charge in [0.15, 0.2) is 5.89 Å². The molecule has 1 aliphatic rings. The molecule has 0 amide bonds. The SMILES string of the molecule is CNC(C)c1cnc(C2CCN(C)C2)o1. The normalized spacial score (nSPS) is 24.6. The number of nitrogens with one attached hydrogen (secondary N) is 1. The topological polar surface area (TPSA) is 41.3 Å². The van der Waals surface area contributed by atoms with Crippen LogP contribution >= 0.6 is 0 Å². The molecule has 2 heterocycles. The second kappa shape index (κ2) is 4.33. The van der Waals surface area contributed by atoms with Crippen molar-refractivity contribution in [1.82, 2.24) is 15.2 Å². The van der Waals surface area contributed by atoms with Gasteiger partial charge in [-0.05, 0) is 34.0 Å². The van der Waals surface area contributed by atoms with E-state index in [2.05, 4.69) is 29.2 Å². The van der Waals surface area contributed by atoms with Crippen LogP contribution in [-0.4, -0.2) is 37.1 Å². The van der Waals surface area contributed by atoms with Gasteiger partial charge in [0.2, 0.25) is 0 Å². The Kier molecular flexibility index (Phi) is 3.07. The summed E-state index contributed by atoms with van der Waals surface area (Å²) in [5.74, 6) is 2.31. The summed E-state index contributed by atoms with van der Waals surface area (Å²) in [6, 6.07) is 0.241. The van der Waals surface area contributed by atoms with Gasteiger partial charge in [0.05, 0.1) is 12.2 Å². The first-order chi connectivity index (χ1) is 7.20. The van der Waals surface area contributed by atoms with Crippen molar-refractivity contribution in [2.75, 3.05) is 27.2 Å². The standard InChI is InChI=1S/C11H19N3O/c1-8(12-2)10-6-13-11(15-10)9-4-5-14(3)7-9/h6,8-9,12H,4-5,7H2,1-3H3. The Bertz CT molecular complexity index is 323. The molecule has 0 aromatic carbocycles.